The van der Waals surface area contributed by atoms with Gasteiger partial charge in [0.25, 0.3) is 11.5 Å². The lowest BCUT2D eigenvalue weighted by Crippen LogP contribution is -2.48. The van der Waals surface area contributed by atoms with Gasteiger partial charge in [0.15, 0.2) is 0 Å². The number of carbonyl (C=O) groups is 1. The topological polar surface area (TPSA) is 112 Å². The van der Waals surface area contributed by atoms with E-state index in [-0.39, 0.29) is 29.0 Å². The Morgan fingerprint density at radius 2 is 1.95 bits per heavy atom. The normalized spacial score (nSPS) is 11.7. The summed E-state index contributed by atoms with van der Waals surface area (Å²) in [6.07, 6.45) is 1.34. The van der Waals surface area contributed by atoms with Gasteiger partial charge in [-0.25, -0.2) is 9.78 Å². The summed E-state index contributed by atoms with van der Waals surface area (Å²) >= 11 is 0. The smallest absolute Gasteiger partial charge is 0.332 e. The fraction of sp³-hybridized carbons (Fsp3) is 0.429. The highest BCUT2D eigenvalue weighted by molar-refractivity contribution is 5.97. The molecule has 0 unspecified atom stereocenters. The highest BCUT2D eigenvalue weighted by Gasteiger charge is 2.20. The number of fused-ring (bicyclic) bond motifs is 1. The van der Waals surface area contributed by atoms with Crippen molar-refractivity contribution in [2.24, 2.45) is 19.8 Å². The molecule has 0 radical (unpaired) electrons. The quantitative estimate of drug-likeness (QED) is 0.763. The maximum absolute atomic E-state index is 12.2. The molecule has 0 aliphatic carbocycles. The number of hydrogen-bond donors (Lipinski definition) is 2. The van der Waals surface area contributed by atoms with Crippen molar-refractivity contribution in [2.75, 3.05) is 6.54 Å². The monoisotopic (exact) mass is 305 g/mol. The summed E-state index contributed by atoms with van der Waals surface area (Å²) in [5.41, 5.74) is 4.54. The molecule has 118 valence electrons. The first-order valence-electron chi connectivity index (χ1n) is 6.76. The Morgan fingerprint density at radius 3 is 2.55 bits per heavy atom. The second-order valence-corrected chi connectivity index (χ2v) is 5.84. The summed E-state index contributed by atoms with van der Waals surface area (Å²) in [7, 11) is 2.91. The zero-order valence-corrected chi connectivity index (χ0v) is 13.0. The largest absolute Gasteiger partial charge is 0.346 e. The number of amides is 1. The van der Waals surface area contributed by atoms with Crippen LogP contribution in [0.2, 0.25) is 0 Å². The van der Waals surface area contributed by atoms with Crippen LogP contribution in [-0.4, -0.2) is 32.1 Å². The van der Waals surface area contributed by atoms with Crippen LogP contribution in [-0.2, 0) is 14.1 Å². The van der Waals surface area contributed by atoms with E-state index in [1.807, 2.05) is 0 Å². The van der Waals surface area contributed by atoms with Gasteiger partial charge in [-0.1, -0.05) is 0 Å². The molecular weight excluding hydrogens is 286 g/mol. The van der Waals surface area contributed by atoms with Gasteiger partial charge in [0, 0.05) is 32.4 Å². The van der Waals surface area contributed by atoms with Crippen molar-refractivity contribution in [1.82, 2.24) is 19.4 Å². The maximum Gasteiger partial charge on any atom is 0.332 e. The number of rotatable bonds is 3. The fourth-order valence-electron chi connectivity index (χ4n) is 2.02. The van der Waals surface area contributed by atoms with Crippen LogP contribution in [0.5, 0.6) is 0 Å². The molecule has 0 spiro atoms. The van der Waals surface area contributed by atoms with E-state index in [0.29, 0.717) is 0 Å². The van der Waals surface area contributed by atoms with Crippen LogP contribution in [0.15, 0.2) is 21.9 Å². The lowest BCUT2D eigenvalue weighted by atomic mass is 10.1. The van der Waals surface area contributed by atoms with Crippen LogP contribution < -0.4 is 22.3 Å². The van der Waals surface area contributed by atoms with E-state index in [0.717, 1.165) is 4.57 Å². The Bertz CT molecular complexity index is 863. The van der Waals surface area contributed by atoms with Crippen LogP contribution in [0.3, 0.4) is 0 Å². The molecule has 2 heterocycles. The van der Waals surface area contributed by atoms with Crippen molar-refractivity contribution in [1.29, 1.82) is 0 Å². The van der Waals surface area contributed by atoms with E-state index in [9.17, 15) is 14.4 Å². The Labute approximate surface area is 126 Å². The molecule has 8 heteroatoms. The van der Waals surface area contributed by atoms with Crippen molar-refractivity contribution in [2.45, 2.75) is 19.4 Å². The molecule has 22 heavy (non-hydrogen) atoms. The Morgan fingerprint density at radius 1 is 1.32 bits per heavy atom. The molecule has 0 bridgehead atoms. The molecule has 0 aromatic carbocycles. The summed E-state index contributed by atoms with van der Waals surface area (Å²) in [5, 5.41) is 2.98. The van der Waals surface area contributed by atoms with Crippen LogP contribution in [0.4, 0.5) is 0 Å². The van der Waals surface area contributed by atoms with E-state index < -0.39 is 16.8 Å². The minimum absolute atomic E-state index is 0.211. The van der Waals surface area contributed by atoms with Gasteiger partial charge in [-0.15, -0.1) is 0 Å². The Kier molecular flexibility index (Phi) is 3.89. The van der Waals surface area contributed by atoms with E-state index in [1.54, 1.807) is 13.8 Å². The number of carbonyl (C=O) groups excluding carboxylic acids is 1. The lowest BCUT2D eigenvalue weighted by Gasteiger charge is -2.24. The van der Waals surface area contributed by atoms with Gasteiger partial charge >= 0.3 is 5.69 Å². The van der Waals surface area contributed by atoms with Gasteiger partial charge < -0.3 is 11.1 Å². The third-order valence-corrected chi connectivity index (χ3v) is 3.52. The highest BCUT2D eigenvalue weighted by Crippen LogP contribution is 2.09. The van der Waals surface area contributed by atoms with Gasteiger partial charge in [-0.3, -0.25) is 18.7 Å². The minimum Gasteiger partial charge on any atom is -0.346 e. The number of hydrogen-bond acceptors (Lipinski definition) is 5. The average Bonchev–Trinajstić information content (AvgIpc) is 2.49. The van der Waals surface area contributed by atoms with Gasteiger partial charge in [0.1, 0.15) is 5.65 Å². The SMILES string of the molecule is Cn1c(=O)c2cc(C(=O)NC(C)(C)CN)cnc2n(C)c1=O. The molecule has 0 aliphatic rings. The van der Waals surface area contributed by atoms with Crippen molar-refractivity contribution in [3.05, 3.63) is 38.7 Å². The van der Waals surface area contributed by atoms with Crippen LogP contribution in [0.1, 0.15) is 24.2 Å². The predicted molar refractivity (Wildman–Crippen MR) is 82.8 cm³/mol. The number of nitrogens with two attached hydrogens (primary N) is 1. The van der Waals surface area contributed by atoms with E-state index in [2.05, 4.69) is 10.3 Å². The predicted octanol–water partition coefficient (Wildman–Crippen LogP) is -0.901. The zero-order chi connectivity index (χ0) is 16.7. The second-order valence-electron chi connectivity index (χ2n) is 5.84. The first-order valence-corrected chi connectivity index (χ1v) is 6.76. The molecular formula is C14H19N5O3. The molecule has 2 aromatic rings. The standard InChI is InChI=1S/C14H19N5O3/c1-14(2,7-15)17-11(20)8-5-9-10(16-6-8)18(3)13(22)19(4)12(9)21/h5-6H,7,15H2,1-4H3,(H,17,20). The first-order chi connectivity index (χ1) is 10.2. The van der Waals surface area contributed by atoms with Crippen molar-refractivity contribution in [3.63, 3.8) is 0 Å². The number of nitrogens with one attached hydrogen (secondary N) is 1. The number of pyridine rings is 1. The van der Waals surface area contributed by atoms with Gasteiger partial charge in [0.05, 0.1) is 10.9 Å². The molecule has 2 aromatic heterocycles. The molecule has 1 amide bonds. The van der Waals surface area contributed by atoms with Crippen LogP contribution in [0.25, 0.3) is 11.0 Å². The molecule has 0 saturated heterocycles. The van der Waals surface area contributed by atoms with Crippen molar-refractivity contribution >= 4 is 16.9 Å². The third kappa shape index (κ3) is 2.64. The summed E-state index contributed by atoms with van der Waals surface area (Å²) in [5.74, 6) is -0.374. The summed E-state index contributed by atoms with van der Waals surface area (Å²) in [4.78, 5) is 40.3. The summed E-state index contributed by atoms with van der Waals surface area (Å²) in [6.45, 7) is 3.86. The molecule has 2 rings (SSSR count). The zero-order valence-electron chi connectivity index (χ0n) is 13.0. The molecule has 0 aliphatic heterocycles. The molecule has 0 fully saturated rings. The molecule has 8 nitrogen and oxygen atoms in total. The van der Waals surface area contributed by atoms with E-state index >= 15 is 0 Å². The number of aryl methyl sites for hydroxylation is 1. The average molecular weight is 305 g/mol. The highest BCUT2D eigenvalue weighted by atomic mass is 16.2. The minimum atomic E-state index is -0.569. The van der Waals surface area contributed by atoms with Crippen molar-refractivity contribution in [3.8, 4) is 0 Å². The van der Waals surface area contributed by atoms with Gasteiger partial charge in [-0.2, -0.15) is 0 Å². The maximum atomic E-state index is 12.2. The molecule has 0 atom stereocenters. The lowest BCUT2D eigenvalue weighted by molar-refractivity contribution is 0.0915. The van der Waals surface area contributed by atoms with Crippen molar-refractivity contribution < 1.29 is 4.79 Å². The van der Waals surface area contributed by atoms with Crippen LogP contribution in [0, 0.1) is 0 Å². The molecule has 0 saturated carbocycles. The van der Waals surface area contributed by atoms with E-state index in [4.69, 9.17) is 5.73 Å². The van der Waals surface area contributed by atoms with Gasteiger partial charge in [0.2, 0.25) is 0 Å². The summed E-state index contributed by atoms with van der Waals surface area (Å²) in [6, 6.07) is 1.44. The Balaban J connectivity index is 2.59. The Hall–Kier alpha value is -2.48. The number of aromatic nitrogens is 3. The fourth-order valence-corrected chi connectivity index (χ4v) is 2.02. The third-order valence-electron chi connectivity index (χ3n) is 3.52. The summed E-state index contributed by atoms with van der Waals surface area (Å²) < 4.78 is 2.25. The second kappa shape index (κ2) is 5.38. The van der Waals surface area contributed by atoms with Crippen LogP contribution >= 0.6 is 0 Å². The molecule has 3 N–H and O–H groups in total. The van der Waals surface area contributed by atoms with Gasteiger partial charge in [-0.05, 0) is 19.9 Å². The van der Waals surface area contributed by atoms with E-state index in [1.165, 1.54) is 30.9 Å². The first kappa shape index (κ1) is 15.9. The number of nitrogens with zero attached hydrogens (tertiary/aromatic N) is 3.